The lowest BCUT2D eigenvalue weighted by Crippen LogP contribution is -2.54. The molecule has 2 aliphatic heterocycles. The van der Waals surface area contributed by atoms with E-state index < -0.39 is 54.1 Å². The maximum absolute atomic E-state index is 13.3. The number of aliphatic imine (C=N–C) groups is 1. The molecule has 1 aromatic heterocycles. The van der Waals surface area contributed by atoms with Gasteiger partial charge in [0.25, 0.3) is 11.8 Å². The number of amides is 4. The summed E-state index contributed by atoms with van der Waals surface area (Å²) in [6.07, 6.45) is 13.9. The van der Waals surface area contributed by atoms with Gasteiger partial charge >= 0.3 is 6.15 Å². The maximum atomic E-state index is 13.3. The Kier molecular flexibility index (Phi) is 25.0. The van der Waals surface area contributed by atoms with Crippen LogP contribution in [0, 0.1) is 23.8 Å². The quantitative estimate of drug-likeness (QED) is 0.0260. The third-order valence-electron chi connectivity index (χ3n) is 12.9. The number of rotatable bonds is 26. The average Bonchev–Trinajstić information content (AvgIpc) is 3.94. The Bertz CT molecular complexity index is 2220. The van der Waals surface area contributed by atoms with Gasteiger partial charge in [0.05, 0.1) is 18.9 Å². The lowest BCUT2D eigenvalue weighted by atomic mass is 9.86. The van der Waals surface area contributed by atoms with Crippen molar-refractivity contribution in [2.75, 3.05) is 38.7 Å². The summed E-state index contributed by atoms with van der Waals surface area (Å²) in [7, 11) is 1.85. The van der Waals surface area contributed by atoms with Crippen LogP contribution in [0.1, 0.15) is 120 Å². The number of aromatic nitrogens is 1. The average molecular weight is 991 g/mol. The van der Waals surface area contributed by atoms with Crippen LogP contribution >= 0.6 is 0 Å². The smallest absolute Gasteiger partial charge is 0.373 e. The van der Waals surface area contributed by atoms with Gasteiger partial charge in [-0.2, -0.15) is 19.8 Å². The number of aryl methyl sites for hydroxylation is 1. The molecule has 1 aliphatic carbocycles. The van der Waals surface area contributed by atoms with Gasteiger partial charge in [-0.05, 0) is 68.7 Å². The van der Waals surface area contributed by atoms with Gasteiger partial charge in [-0.3, -0.25) is 28.9 Å². The number of hydrogen-bond donors (Lipinski definition) is 6. The Morgan fingerprint density at radius 2 is 1.58 bits per heavy atom. The summed E-state index contributed by atoms with van der Waals surface area (Å²) in [5.74, 6) is -1.87. The summed E-state index contributed by atoms with van der Waals surface area (Å²) in [5, 5.41) is 53.0. The first-order valence-corrected chi connectivity index (χ1v) is 23.9. The summed E-state index contributed by atoms with van der Waals surface area (Å²) in [5.41, 5.74) is 8.97. The van der Waals surface area contributed by atoms with E-state index in [9.17, 15) is 49.7 Å². The highest BCUT2D eigenvalue weighted by atomic mass is 16.7. The van der Waals surface area contributed by atoms with Crippen molar-refractivity contribution >= 4 is 47.0 Å². The summed E-state index contributed by atoms with van der Waals surface area (Å²) < 4.78 is 13.5. The number of nitrogens with two attached hydrogens (primary N) is 1. The topological polar surface area (TPSA) is 303 Å². The van der Waals surface area contributed by atoms with Crippen molar-refractivity contribution in [3.63, 3.8) is 0 Å². The van der Waals surface area contributed by atoms with E-state index in [4.69, 9.17) is 24.8 Å². The zero-order chi connectivity index (χ0) is 51.2. The first kappa shape index (κ1) is 59.3. The number of benzene rings is 1. The highest BCUT2D eigenvalue weighted by Crippen LogP contribution is 2.38. The molecule has 1 saturated heterocycles. The molecule has 1 saturated carbocycles. The third kappa shape index (κ3) is 17.9. The van der Waals surface area contributed by atoms with Gasteiger partial charge in [-0.1, -0.05) is 46.0 Å². The number of carbonyl (C=O) groups excluding carboxylic acids is 7. The van der Waals surface area contributed by atoms with Crippen LogP contribution in [0.5, 0.6) is 5.75 Å². The van der Waals surface area contributed by atoms with E-state index in [1.807, 2.05) is 48.4 Å². The van der Waals surface area contributed by atoms with E-state index in [0.717, 1.165) is 98.1 Å². The fourth-order valence-electron chi connectivity index (χ4n) is 9.09. The van der Waals surface area contributed by atoms with Crippen LogP contribution < -0.4 is 20.4 Å². The minimum absolute atomic E-state index is 0. The predicted octanol–water partition coefficient (Wildman–Crippen LogP) is 2.73. The lowest BCUT2D eigenvalue weighted by molar-refractivity contribution is -0.688. The molecule has 71 heavy (non-hydrogen) atoms. The minimum atomic E-state index is -1.59. The second kappa shape index (κ2) is 30.0. The summed E-state index contributed by atoms with van der Waals surface area (Å²) in [6, 6.07) is 6.32. The highest BCUT2D eigenvalue weighted by Gasteiger charge is 2.40. The normalized spacial score (nSPS) is 19.7. The second-order valence-electron chi connectivity index (χ2n) is 18.3. The van der Waals surface area contributed by atoms with Gasteiger partial charge in [-0.15, -0.1) is 0 Å². The van der Waals surface area contributed by atoms with Crippen molar-refractivity contribution in [3.05, 3.63) is 65.5 Å². The fourth-order valence-corrected chi connectivity index (χ4v) is 9.09. The number of imide groups is 1. The fraction of sp³-hybridized carbons (Fsp3) is 0.588. The van der Waals surface area contributed by atoms with Gasteiger partial charge < -0.3 is 45.9 Å². The summed E-state index contributed by atoms with van der Waals surface area (Å²) in [4.78, 5) is 86.3. The number of ketones is 1. The van der Waals surface area contributed by atoms with Gasteiger partial charge in [0.2, 0.25) is 24.3 Å². The zero-order valence-electron chi connectivity index (χ0n) is 40.1. The Morgan fingerprint density at radius 3 is 2.18 bits per heavy atom. The predicted molar refractivity (Wildman–Crippen MR) is 258 cm³/mol. The molecular weight excluding hydrogens is 919 g/mol. The molecule has 3 aliphatic rings. The van der Waals surface area contributed by atoms with Crippen molar-refractivity contribution in [2.45, 2.75) is 154 Å². The standard InChI is InChI=1S/C49H67N7O11.CO2.CH4/c1-33-24-35(26-37(47(33)67-48-46(65)45(64)40(59)29-66-48)53-41(60)14-11-13-39(58)38(27-50)56-43(62)16-17-44(56)63)28-55-22-18-34(19-23-55)25-36(52-32-51)12-7-5-3-4-6-8-15-42(61)54(2)30-49(31-57)20-9-10-21-49;2-1-3;/h16-19,22-24,26,38,40,45-46,48,57,59,64-65H,3-15,20-21,25,27-31,50H2,1-2H3;;1H4/p+1/t38?,40?,45-,46-,48?;;/m0../s1. The van der Waals surface area contributed by atoms with E-state index in [2.05, 4.69) is 10.3 Å². The number of aliphatic hydroxyl groups is 4. The van der Waals surface area contributed by atoms with Crippen molar-refractivity contribution in [2.24, 2.45) is 16.1 Å². The molecule has 0 bridgehead atoms. The number of ether oxygens (including phenoxy) is 2. The molecule has 5 atom stereocenters. The minimum Gasteiger partial charge on any atom is -0.460 e. The summed E-state index contributed by atoms with van der Waals surface area (Å²) >= 11 is 0. The second-order valence-corrected chi connectivity index (χ2v) is 18.3. The SMILES string of the molecule is C.Cc1cc(C[n+]2ccc(CC(CCCCCCCCC(=O)N(C)CC3(CO)CCCC3)=NC#N)cc2)cc(NC(=O)CCCC(=O)C(CN)N2C(=O)C=CC2=O)c1OC1OCC(O)[C@H](O)[C@@H]1O.O=C=O. The van der Waals surface area contributed by atoms with Crippen molar-refractivity contribution < 1.29 is 68.0 Å². The Hall–Kier alpha value is -6.04. The molecule has 4 amide bonds. The van der Waals surface area contributed by atoms with Crippen molar-refractivity contribution in [1.82, 2.24) is 9.80 Å². The van der Waals surface area contributed by atoms with Crippen molar-refractivity contribution in [1.29, 1.82) is 5.26 Å². The molecule has 5 rings (SSSR count). The molecule has 1 aromatic carbocycles. The molecule has 2 aromatic rings. The first-order chi connectivity index (χ1) is 33.6. The Balaban J connectivity index is 0.00000324. The van der Waals surface area contributed by atoms with Crippen LogP contribution in [0.3, 0.4) is 0 Å². The number of aliphatic hydroxyl groups excluding tert-OH is 4. The number of anilines is 1. The van der Waals surface area contributed by atoms with E-state index >= 15 is 0 Å². The van der Waals surface area contributed by atoms with Crippen LogP contribution in [-0.2, 0) is 51.3 Å². The van der Waals surface area contributed by atoms with Crippen LogP contribution in [-0.4, -0.2) is 135 Å². The van der Waals surface area contributed by atoms with Crippen LogP contribution in [0.15, 0.2) is 53.8 Å². The van der Waals surface area contributed by atoms with E-state index in [1.54, 1.807) is 17.9 Å². The van der Waals surface area contributed by atoms with E-state index in [0.29, 0.717) is 37.9 Å². The molecule has 0 radical (unpaired) electrons. The molecule has 0 spiro atoms. The van der Waals surface area contributed by atoms with E-state index in [-0.39, 0.29) is 75.4 Å². The van der Waals surface area contributed by atoms with Gasteiger partial charge in [-0.25, -0.2) is 4.57 Å². The number of nitrogens with zero attached hydrogens (tertiary/aromatic N) is 5. The Labute approximate surface area is 415 Å². The van der Waals surface area contributed by atoms with Gasteiger partial charge in [0.1, 0.15) is 30.1 Å². The molecule has 3 unspecified atom stereocenters. The Morgan fingerprint density at radius 1 is 0.958 bits per heavy atom. The molecular formula is C51H72N7O13+. The lowest BCUT2D eigenvalue weighted by Gasteiger charge is -2.35. The zero-order valence-corrected chi connectivity index (χ0v) is 40.1. The molecule has 3 heterocycles. The van der Waals surface area contributed by atoms with Crippen molar-refractivity contribution in [3.8, 4) is 11.9 Å². The molecule has 2 fully saturated rings. The summed E-state index contributed by atoms with van der Waals surface area (Å²) in [6.45, 7) is 2.34. The largest absolute Gasteiger partial charge is 0.460 e. The number of Topliss-reactive ketones (excluding diaryl/α,β-unsaturated/α-hetero) is 1. The van der Waals surface area contributed by atoms with Crippen LogP contribution in [0.25, 0.3) is 0 Å². The molecule has 20 nitrogen and oxygen atoms in total. The number of carbonyl (C=O) groups is 5. The highest BCUT2D eigenvalue weighted by molar-refractivity contribution is 6.15. The van der Waals surface area contributed by atoms with Gasteiger partial charge in [0.15, 0.2) is 24.7 Å². The number of nitriles is 1. The maximum Gasteiger partial charge on any atom is 0.373 e. The monoisotopic (exact) mass is 991 g/mol. The first-order valence-electron chi connectivity index (χ1n) is 23.9. The van der Waals surface area contributed by atoms with Crippen LogP contribution in [0.2, 0.25) is 0 Å². The number of hydrogen-bond acceptors (Lipinski definition) is 16. The number of nitrogens with one attached hydrogen (secondary N) is 1. The number of pyridine rings is 1. The van der Waals surface area contributed by atoms with Crippen LogP contribution in [0.4, 0.5) is 5.69 Å². The van der Waals surface area contributed by atoms with Gasteiger partial charge in [0, 0.05) is 86.8 Å². The molecule has 20 heteroatoms. The molecule has 388 valence electrons. The number of unbranched alkanes of at least 4 members (excludes halogenated alkanes) is 5. The van der Waals surface area contributed by atoms with E-state index in [1.165, 1.54) is 0 Å². The third-order valence-corrected chi connectivity index (χ3v) is 12.9. The molecule has 7 N–H and O–H groups in total.